The van der Waals surface area contributed by atoms with E-state index < -0.39 is 11.2 Å². The van der Waals surface area contributed by atoms with Gasteiger partial charge in [0.2, 0.25) is 5.91 Å². The van der Waals surface area contributed by atoms with E-state index in [0.29, 0.717) is 24.0 Å². The lowest BCUT2D eigenvalue weighted by atomic mass is 10.2. The van der Waals surface area contributed by atoms with Gasteiger partial charge in [0.15, 0.2) is 0 Å². The van der Waals surface area contributed by atoms with Gasteiger partial charge in [0.25, 0.3) is 5.56 Å². The number of H-pyrrole nitrogens is 1. The molecule has 0 fully saturated rings. The van der Waals surface area contributed by atoms with Crippen LogP contribution in [0.3, 0.4) is 0 Å². The normalized spacial score (nSPS) is 10.8. The third-order valence-corrected chi connectivity index (χ3v) is 3.34. The van der Waals surface area contributed by atoms with Gasteiger partial charge in [-0.15, -0.1) is 0 Å². The first-order valence-corrected chi connectivity index (χ1v) is 7.32. The maximum Gasteiger partial charge on any atom is 0.328 e. The highest BCUT2D eigenvalue weighted by Crippen LogP contribution is 2.06. The number of para-hydroxylation sites is 1. The average molecular weight is 304 g/mol. The summed E-state index contributed by atoms with van der Waals surface area (Å²) < 4.78 is 1.42. The minimum atomic E-state index is -0.496. The predicted molar refractivity (Wildman–Crippen MR) is 85.0 cm³/mol. The summed E-state index contributed by atoms with van der Waals surface area (Å²) >= 11 is 0. The Morgan fingerprint density at radius 3 is 2.77 bits per heavy atom. The molecule has 118 valence electrons. The van der Waals surface area contributed by atoms with Crippen molar-refractivity contribution in [3.05, 3.63) is 45.1 Å². The summed E-state index contributed by atoms with van der Waals surface area (Å²) in [6, 6.07) is 6.85. The van der Waals surface area contributed by atoms with E-state index in [-0.39, 0.29) is 18.9 Å². The number of benzene rings is 1. The highest BCUT2D eigenvalue weighted by Gasteiger charge is 2.08. The Hall–Kier alpha value is -2.41. The molecule has 2 rings (SSSR count). The van der Waals surface area contributed by atoms with Crippen molar-refractivity contribution in [1.82, 2.24) is 20.2 Å². The monoisotopic (exact) mass is 304 g/mol. The van der Waals surface area contributed by atoms with Crippen LogP contribution in [0.4, 0.5) is 0 Å². The van der Waals surface area contributed by atoms with Gasteiger partial charge in [-0.25, -0.2) is 4.79 Å². The van der Waals surface area contributed by atoms with Gasteiger partial charge in [-0.3, -0.25) is 19.1 Å². The maximum absolute atomic E-state index is 11.9. The van der Waals surface area contributed by atoms with Crippen molar-refractivity contribution in [3.8, 4) is 0 Å². The van der Waals surface area contributed by atoms with Crippen LogP contribution in [0.15, 0.2) is 33.9 Å². The quantitative estimate of drug-likeness (QED) is 0.618. The molecule has 0 saturated heterocycles. The lowest BCUT2D eigenvalue weighted by molar-refractivity contribution is -0.121. The Morgan fingerprint density at radius 2 is 2.00 bits per heavy atom. The standard InChI is InChI=1S/C15H20N4O3/c1-2-16-8-9-17-13(20)7-10-19-12-6-4-3-5-11(12)14(21)18-15(19)22/h3-6,16H,2,7-10H2,1H3,(H,17,20)(H,18,21,22). The van der Waals surface area contributed by atoms with Crippen LogP contribution < -0.4 is 21.9 Å². The highest BCUT2D eigenvalue weighted by atomic mass is 16.2. The fourth-order valence-electron chi connectivity index (χ4n) is 2.23. The second kappa shape index (κ2) is 7.56. The topological polar surface area (TPSA) is 96.0 Å². The molecule has 0 unspecified atom stereocenters. The summed E-state index contributed by atoms with van der Waals surface area (Å²) in [5.74, 6) is -0.125. The van der Waals surface area contributed by atoms with Crippen LogP contribution in [0.2, 0.25) is 0 Å². The molecule has 1 aromatic heterocycles. The van der Waals surface area contributed by atoms with Crippen molar-refractivity contribution in [3.63, 3.8) is 0 Å². The fourth-order valence-corrected chi connectivity index (χ4v) is 2.23. The summed E-state index contributed by atoms with van der Waals surface area (Å²) in [4.78, 5) is 37.7. The first-order chi connectivity index (χ1) is 10.6. The number of nitrogens with one attached hydrogen (secondary N) is 3. The lowest BCUT2D eigenvalue weighted by Crippen LogP contribution is -2.34. The minimum absolute atomic E-state index is 0.125. The summed E-state index contributed by atoms with van der Waals surface area (Å²) in [6.45, 7) is 4.34. The lowest BCUT2D eigenvalue weighted by Gasteiger charge is -2.09. The summed E-state index contributed by atoms with van der Waals surface area (Å²) in [5.41, 5.74) is -0.368. The molecule has 3 N–H and O–H groups in total. The van der Waals surface area contributed by atoms with Gasteiger partial charge in [0.05, 0.1) is 10.9 Å². The van der Waals surface area contributed by atoms with Crippen LogP contribution in [-0.4, -0.2) is 35.1 Å². The zero-order chi connectivity index (χ0) is 15.9. The smallest absolute Gasteiger partial charge is 0.328 e. The Morgan fingerprint density at radius 1 is 1.23 bits per heavy atom. The summed E-state index contributed by atoms with van der Waals surface area (Å²) in [6.07, 6.45) is 0.183. The Labute approximate surface area is 127 Å². The van der Waals surface area contributed by atoms with Crippen molar-refractivity contribution < 1.29 is 4.79 Å². The van der Waals surface area contributed by atoms with Gasteiger partial charge in [0, 0.05) is 26.1 Å². The number of carbonyl (C=O) groups excluding carboxylic acids is 1. The number of aromatic nitrogens is 2. The molecule has 0 aliphatic carbocycles. The Bertz CT molecular complexity index is 763. The van der Waals surface area contributed by atoms with Gasteiger partial charge in [0.1, 0.15) is 0 Å². The van der Waals surface area contributed by atoms with Crippen LogP contribution in [-0.2, 0) is 11.3 Å². The van der Waals surface area contributed by atoms with Crippen molar-refractivity contribution in [1.29, 1.82) is 0 Å². The zero-order valence-electron chi connectivity index (χ0n) is 12.5. The van der Waals surface area contributed by atoms with Crippen LogP contribution in [0.1, 0.15) is 13.3 Å². The highest BCUT2D eigenvalue weighted by molar-refractivity contribution is 5.78. The van der Waals surface area contributed by atoms with Crippen molar-refractivity contribution in [2.24, 2.45) is 0 Å². The van der Waals surface area contributed by atoms with E-state index in [2.05, 4.69) is 15.6 Å². The average Bonchev–Trinajstić information content (AvgIpc) is 2.51. The zero-order valence-corrected chi connectivity index (χ0v) is 12.5. The molecule has 7 heteroatoms. The number of likely N-dealkylation sites (N-methyl/N-ethyl adjacent to an activating group) is 1. The van der Waals surface area contributed by atoms with Gasteiger partial charge in [-0.2, -0.15) is 0 Å². The molecule has 2 aromatic rings. The van der Waals surface area contributed by atoms with E-state index in [9.17, 15) is 14.4 Å². The second-order valence-electron chi connectivity index (χ2n) is 4.88. The molecule has 0 spiro atoms. The molecule has 0 aliphatic heterocycles. The molecule has 0 bridgehead atoms. The number of hydrogen-bond acceptors (Lipinski definition) is 4. The fraction of sp³-hybridized carbons (Fsp3) is 0.400. The van der Waals surface area contributed by atoms with E-state index >= 15 is 0 Å². The van der Waals surface area contributed by atoms with E-state index in [1.54, 1.807) is 24.3 Å². The number of hydrogen-bond donors (Lipinski definition) is 3. The number of carbonyl (C=O) groups is 1. The van der Waals surface area contributed by atoms with E-state index in [1.165, 1.54) is 4.57 Å². The van der Waals surface area contributed by atoms with E-state index in [0.717, 1.165) is 6.54 Å². The molecular weight excluding hydrogens is 284 g/mol. The Balaban J connectivity index is 2.07. The van der Waals surface area contributed by atoms with Crippen LogP contribution in [0.5, 0.6) is 0 Å². The second-order valence-corrected chi connectivity index (χ2v) is 4.88. The molecule has 22 heavy (non-hydrogen) atoms. The molecule has 0 atom stereocenters. The number of fused-ring (bicyclic) bond motifs is 1. The number of aromatic amines is 1. The van der Waals surface area contributed by atoms with Crippen molar-refractivity contribution in [2.45, 2.75) is 19.9 Å². The van der Waals surface area contributed by atoms with Crippen molar-refractivity contribution in [2.75, 3.05) is 19.6 Å². The Kier molecular flexibility index (Phi) is 5.48. The molecule has 0 radical (unpaired) electrons. The number of rotatable bonds is 7. The van der Waals surface area contributed by atoms with Gasteiger partial charge in [-0.1, -0.05) is 19.1 Å². The van der Waals surface area contributed by atoms with E-state index in [1.807, 2.05) is 6.92 Å². The molecule has 1 aromatic carbocycles. The molecule has 1 heterocycles. The van der Waals surface area contributed by atoms with Crippen LogP contribution in [0, 0.1) is 0 Å². The third-order valence-electron chi connectivity index (χ3n) is 3.34. The molecule has 0 saturated carbocycles. The molecule has 1 amide bonds. The van der Waals surface area contributed by atoms with Gasteiger partial charge >= 0.3 is 5.69 Å². The third kappa shape index (κ3) is 3.82. The summed E-state index contributed by atoms with van der Waals surface area (Å²) in [5, 5.41) is 6.32. The molecule has 0 aliphatic rings. The van der Waals surface area contributed by atoms with Gasteiger partial charge in [-0.05, 0) is 18.7 Å². The van der Waals surface area contributed by atoms with E-state index in [4.69, 9.17) is 0 Å². The van der Waals surface area contributed by atoms with Crippen LogP contribution in [0.25, 0.3) is 10.9 Å². The van der Waals surface area contributed by atoms with Crippen LogP contribution >= 0.6 is 0 Å². The first kappa shape index (κ1) is 16.0. The summed E-state index contributed by atoms with van der Waals surface area (Å²) in [7, 11) is 0. The number of aryl methyl sites for hydroxylation is 1. The molecule has 7 nitrogen and oxygen atoms in total. The number of amides is 1. The maximum atomic E-state index is 11.9. The van der Waals surface area contributed by atoms with Gasteiger partial charge < -0.3 is 10.6 Å². The minimum Gasteiger partial charge on any atom is -0.355 e. The predicted octanol–water partition coefficient (Wildman–Crippen LogP) is -0.194. The number of nitrogens with zero attached hydrogens (tertiary/aromatic N) is 1. The SMILES string of the molecule is CCNCCNC(=O)CCn1c(=O)[nH]c(=O)c2ccccc21. The first-order valence-electron chi connectivity index (χ1n) is 7.32. The largest absolute Gasteiger partial charge is 0.355 e. The van der Waals surface area contributed by atoms with Crippen molar-refractivity contribution >= 4 is 16.8 Å². The molecular formula is C15H20N4O3.